The second-order valence-corrected chi connectivity index (χ2v) is 6.97. The maximum Gasteiger partial charge on any atom is 0.206 e. The first-order valence-corrected chi connectivity index (χ1v) is 8.57. The van der Waals surface area contributed by atoms with E-state index in [2.05, 4.69) is 0 Å². The van der Waals surface area contributed by atoms with Gasteiger partial charge in [0.2, 0.25) is 5.79 Å². The standard InChI is InChI=1S/C16H25NO3S/c17-11-16(19,20)15(18)13-7-4-8-14(9-13)21-10-12-5-2-1-3-6-12/h4,7-9,12,15,18-20H,1-3,5-6,10-11,17H2. The molecule has 0 spiro atoms. The van der Waals surface area contributed by atoms with Crippen molar-refractivity contribution in [2.45, 2.75) is 48.9 Å². The molecule has 1 aliphatic rings. The van der Waals surface area contributed by atoms with E-state index in [1.807, 2.05) is 18.2 Å². The molecule has 2 rings (SSSR count). The predicted molar refractivity (Wildman–Crippen MR) is 84.9 cm³/mol. The van der Waals surface area contributed by atoms with E-state index in [0.29, 0.717) is 5.56 Å². The lowest BCUT2D eigenvalue weighted by molar-refractivity contribution is -0.219. The fraction of sp³-hybridized carbons (Fsp3) is 0.625. The monoisotopic (exact) mass is 311 g/mol. The number of nitrogens with two attached hydrogens (primary N) is 1. The number of hydrogen-bond donors (Lipinski definition) is 4. The molecule has 0 bridgehead atoms. The van der Waals surface area contributed by atoms with E-state index in [4.69, 9.17) is 5.73 Å². The van der Waals surface area contributed by atoms with E-state index >= 15 is 0 Å². The number of benzene rings is 1. The summed E-state index contributed by atoms with van der Waals surface area (Å²) in [5.41, 5.74) is 5.76. The third kappa shape index (κ3) is 4.69. The van der Waals surface area contributed by atoms with Gasteiger partial charge in [-0.15, -0.1) is 11.8 Å². The minimum absolute atomic E-state index is 0.409. The van der Waals surface area contributed by atoms with Gasteiger partial charge in [0, 0.05) is 17.2 Å². The Hall–Kier alpha value is -0.590. The van der Waals surface area contributed by atoms with Gasteiger partial charge in [-0.3, -0.25) is 0 Å². The topological polar surface area (TPSA) is 86.7 Å². The Morgan fingerprint density at radius 2 is 1.95 bits per heavy atom. The predicted octanol–water partition coefficient (Wildman–Crippen LogP) is 2.03. The van der Waals surface area contributed by atoms with Crippen LogP contribution in [0.15, 0.2) is 29.2 Å². The molecule has 1 fully saturated rings. The Labute approximate surface area is 130 Å². The van der Waals surface area contributed by atoms with Gasteiger partial charge in [0.15, 0.2) is 0 Å². The number of rotatable bonds is 6. The molecule has 0 heterocycles. The highest BCUT2D eigenvalue weighted by Gasteiger charge is 2.32. The molecule has 0 radical (unpaired) electrons. The van der Waals surface area contributed by atoms with E-state index in [0.717, 1.165) is 16.6 Å². The van der Waals surface area contributed by atoms with Gasteiger partial charge in [-0.2, -0.15) is 0 Å². The van der Waals surface area contributed by atoms with Crippen molar-refractivity contribution in [2.75, 3.05) is 12.3 Å². The van der Waals surface area contributed by atoms with Gasteiger partial charge in [-0.05, 0) is 36.5 Å². The van der Waals surface area contributed by atoms with Gasteiger partial charge in [-0.1, -0.05) is 31.4 Å². The molecule has 1 aliphatic carbocycles. The van der Waals surface area contributed by atoms with E-state index in [1.165, 1.54) is 32.1 Å². The van der Waals surface area contributed by atoms with Gasteiger partial charge < -0.3 is 21.1 Å². The molecule has 4 nitrogen and oxygen atoms in total. The lowest BCUT2D eigenvalue weighted by Gasteiger charge is -2.26. The summed E-state index contributed by atoms with van der Waals surface area (Å²) in [6.07, 6.45) is 5.24. The van der Waals surface area contributed by atoms with Crippen LogP contribution in [0.3, 0.4) is 0 Å². The molecule has 1 unspecified atom stereocenters. The molecule has 21 heavy (non-hydrogen) atoms. The minimum Gasteiger partial charge on any atom is -0.383 e. The van der Waals surface area contributed by atoms with Crippen LogP contribution in [0.4, 0.5) is 0 Å². The molecule has 1 aromatic rings. The van der Waals surface area contributed by atoms with Crippen molar-refractivity contribution in [1.29, 1.82) is 0 Å². The van der Waals surface area contributed by atoms with Crippen LogP contribution >= 0.6 is 11.8 Å². The van der Waals surface area contributed by atoms with Crippen molar-refractivity contribution >= 4 is 11.8 Å². The summed E-state index contributed by atoms with van der Waals surface area (Å²) in [7, 11) is 0. The second kappa shape index (κ2) is 7.61. The molecular formula is C16H25NO3S. The molecule has 1 saturated carbocycles. The highest BCUT2D eigenvalue weighted by molar-refractivity contribution is 7.99. The molecule has 0 aromatic heterocycles. The largest absolute Gasteiger partial charge is 0.383 e. The summed E-state index contributed by atoms with van der Waals surface area (Å²) < 4.78 is 0. The van der Waals surface area contributed by atoms with Gasteiger partial charge in [0.1, 0.15) is 6.10 Å². The van der Waals surface area contributed by atoms with Crippen molar-refractivity contribution in [3.8, 4) is 0 Å². The number of aliphatic hydroxyl groups is 3. The average Bonchev–Trinajstić information content (AvgIpc) is 2.53. The fourth-order valence-corrected chi connectivity index (χ4v) is 3.88. The lowest BCUT2D eigenvalue weighted by atomic mass is 9.91. The molecular weight excluding hydrogens is 286 g/mol. The van der Waals surface area contributed by atoms with Crippen LogP contribution in [-0.2, 0) is 0 Å². The molecule has 0 aliphatic heterocycles. The highest BCUT2D eigenvalue weighted by Crippen LogP contribution is 2.32. The maximum atomic E-state index is 10.0. The summed E-state index contributed by atoms with van der Waals surface area (Å²) in [5, 5.41) is 29.3. The molecule has 0 amide bonds. The number of thioether (sulfide) groups is 1. The molecule has 118 valence electrons. The normalized spacial score (nSPS) is 18.7. The average molecular weight is 311 g/mol. The highest BCUT2D eigenvalue weighted by atomic mass is 32.2. The van der Waals surface area contributed by atoms with Crippen LogP contribution in [0.5, 0.6) is 0 Å². The first-order chi connectivity index (χ1) is 10.0. The summed E-state index contributed by atoms with van der Waals surface area (Å²) in [4.78, 5) is 1.05. The second-order valence-electron chi connectivity index (χ2n) is 5.87. The third-order valence-electron chi connectivity index (χ3n) is 4.12. The Morgan fingerprint density at radius 1 is 1.24 bits per heavy atom. The fourth-order valence-electron chi connectivity index (χ4n) is 2.72. The molecule has 1 aromatic carbocycles. The Morgan fingerprint density at radius 3 is 2.62 bits per heavy atom. The lowest BCUT2D eigenvalue weighted by Crippen LogP contribution is -2.43. The van der Waals surface area contributed by atoms with Crippen molar-refractivity contribution in [1.82, 2.24) is 0 Å². The summed E-state index contributed by atoms with van der Waals surface area (Å²) in [5.74, 6) is -0.428. The van der Waals surface area contributed by atoms with Crippen molar-refractivity contribution < 1.29 is 15.3 Å². The van der Waals surface area contributed by atoms with Gasteiger partial charge in [0.25, 0.3) is 0 Å². The van der Waals surface area contributed by atoms with Crippen LogP contribution in [0, 0.1) is 5.92 Å². The zero-order valence-corrected chi connectivity index (χ0v) is 13.1. The Kier molecular flexibility index (Phi) is 6.08. The van der Waals surface area contributed by atoms with E-state index < -0.39 is 18.4 Å². The quantitative estimate of drug-likeness (QED) is 0.477. The summed E-state index contributed by atoms with van der Waals surface area (Å²) in [6, 6.07) is 7.32. The smallest absolute Gasteiger partial charge is 0.206 e. The van der Waals surface area contributed by atoms with E-state index in [1.54, 1.807) is 17.8 Å². The molecule has 5 N–H and O–H groups in total. The summed E-state index contributed by atoms with van der Waals surface area (Å²) in [6.45, 7) is -0.409. The van der Waals surface area contributed by atoms with Crippen molar-refractivity contribution in [3.63, 3.8) is 0 Å². The molecule has 1 atom stereocenters. The van der Waals surface area contributed by atoms with Gasteiger partial charge in [-0.25, -0.2) is 0 Å². The maximum absolute atomic E-state index is 10.0. The first kappa shape index (κ1) is 16.8. The van der Waals surface area contributed by atoms with Crippen LogP contribution in [0.25, 0.3) is 0 Å². The minimum atomic E-state index is -2.29. The van der Waals surface area contributed by atoms with Crippen molar-refractivity contribution in [3.05, 3.63) is 29.8 Å². The molecule has 5 heteroatoms. The SMILES string of the molecule is NCC(O)(O)C(O)c1cccc(SCC2CCCCC2)c1. The third-order valence-corrected chi connectivity index (χ3v) is 5.35. The van der Waals surface area contributed by atoms with Crippen molar-refractivity contribution in [2.24, 2.45) is 11.7 Å². The van der Waals surface area contributed by atoms with Crippen LogP contribution in [0.1, 0.15) is 43.8 Å². The molecule has 0 saturated heterocycles. The number of aliphatic hydroxyl groups excluding tert-OH is 1. The van der Waals surface area contributed by atoms with Gasteiger partial charge in [0.05, 0.1) is 0 Å². The first-order valence-electron chi connectivity index (χ1n) is 7.58. The zero-order chi connectivity index (χ0) is 15.3. The van der Waals surface area contributed by atoms with Crippen LogP contribution in [0.2, 0.25) is 0 Å². The Bertz CT molecular complexity index is 447. The van der Waals surface area contributed by atoms with Crippen LogP contribution < -0.4 is 5.73 Å². The summed E-state index contributed by atoms with van der Waals surface area (Å²) >= 11 is 1.77. The Balaban J connectivity index is 1.97. The number of hydrogen-bond acceptors (Lipinski definition) is 5. The van der Waals surface area contributed by atoms with Gasteiger partial charge >= 0.3 is 0 Å². The van der Waals surface area contributed by atoms with E-state index in [-0.39, 0.29) is 0 Å². The van der Waals surface area contributed by atoms with E-state index in [9.17, 15) is 15.3 Å². The van der Waals surface area contributed by atoms with Crippen LogP contribution in [-0.4, -0.2) is 33.4 Å². The zero-order valence-electron chi connectivity index (χ0n) is 12.2.